The van der Waals surface area contributed by atoms with Gasteiger partial charge in [-0.25, -0.2) is 9.67 Å². The largest absolute Gasteiger partial charge is 0.333 e. The fourth-order valence-electron chi connectivity index (χ4n) is 2.70. The first-order valence-corrected chi connectivity index (χ1v) is 8.18. The van der Waals surface area contributed by atoms with Crippen molar-refractivity contribution in [2.24, 2.45) is 0 Å². The smallest absolute Gasteiger partial charge is 0.309 e. The van der Waals surface area contributed by atoms with Gasteiger partial charge in [0.2, 0.25) is 5.91 Å². The summed E-state index contributed by atoms with van der Waals surface area (Å²) in [6.45, 7) is 1.10. The lowest BCUT2D eigenvalue weighted by atomic mass is 10.1. The van der Waals surface area contributed by atoms with E-state index in [1.165, 1.54) is 0 Å². The lowest BCUT2D eigenvalue weighted by Crippen LogP contribution is -2.36. The molecule has 0 saturated carbocycles. The molecule has 0 bridgehead atoms. The van der Waals surface area contributed by atoms with Crippen LogP contribution < -0.4 is 4.90 Å². The first kappa shape index (κ1) is 15.9. The number of pyridine rings is 1. The Balaban J connectivity index is 1.86. The molecular weight excluding hydrogens is 322 g/mol. The zero-order valence-corrected chi connectivity index (χ0v) is 13.6. The van der Waals surface area contributed by atoms with E-state index < -0.39 is 6.55 Å². The molecule has 0 spiro atoms. The summed E-state index contributed by atoms with van der Waals surface area (Å²) in [5.41, 5.74) is 2.15. The number of aromatic nitrogens is 3. The molecule has 0 radical (unpaired) electrons. The number of carbonyl (C=O) groups excluding carboxylic acids is 1. The molecule has 0 N–H and O–H groups in total. The number of rotatable bonds is 3. The minimum absolute atomic E-state index is 0.0589. The van der Waals surface area contributed by atoms with Gasteiger partial charge in [-0.15, -0.1) is 11.8 Å². The van der Waals surface area contributed by atoms with Gasteiger partial charge >= 0.3 is 6.55 Å². The topological polar surface area (TPSA) is 51.0 Å². The normalized spacial score (nSPS) is 14.2. The van der Waals surface area contributed by atoms with E-state index in [2.05, 4.69) is 10.1 Å². The van der Waals surface area contributed by atoms with E-state index in [9.17, 15) is 13.6 Å². The van der Waals surface area contributed by atoms with Crippen molar-refractivity contribution in [2.75, 3.05) is 17.2 Å². The summed E-state index contributed by atoms with van der Waals surface area (Å²) in [5, 5.41) is 4.65. The minimum atomic E-state index is -2.70. The van der Waals surface area contributed by atoms with Gasteiger partial charge < -0.3 is 4.90 Å². The van der Waals surface area contributed by atoms with Gasteiger partial charge in [0.1, 0.15) is 5.03 Å². The van der Waals surface area contributed by atoms with Crippen LogP contribution in [-0.2, 0) is 11.2 Å². The Labute approximate surface area is 136 Å². The molecule has 2 aromatic rings. The van der Waals surface area contributed by atoms with Gasteiger partial charge in [-0.2, -0.15) is 13.9 Å². The number of aryl methyl sites for hydroxylation is 1. The first-order chi connectivity index (χ1) is 11.0. The maximum atomic E-state index is 12.9. The number of nitrogens with zero attached hydrogens (tertiary/aromatic N) is 4. The van der Waals surface area contributed by atoms with Gasteiger partial charge in [-0.05, 0) is 26.0 Å². The van der Waals surface area contributed by atoms with Crippen molar-refractivity contribution in [3.63, 3.8) is 0 Å². The van der Waals surface area contributed by atoms with Crippen molar-refractivity contribution < 1.29 is 13.6 Å². The Morgan fingerprint density at radius 2 is 2.22 bits per heavy atom. The molecular formula is C15H16F2N4OS. The number of hydrogen-bond donors (Lipinski definition) is 0. The van der Waals surface area contributed by atoms with E-state index in [1.807, 2.05) is 6.07 Å². The minimum Gasteiger partial charge on any atom is -0.309 e. The maximum Gasteiger partial charge on any atom is 0.333 e. The molecule has 0 saturated heterocycles. The highest BCUT2D eigenvalue weighted by molar-refractivity contribution is 7.99. The number of alkyl halides is 2. The monoisotopic (exact) mass is 338 g/mol. The molecule has 5 nitrogen and oxygen atoms in total. The van der Waals surface area contributed by atoms with Crippen molar-refractivity contribution in [2.45, 2.75) is 31.8 Å². The summed E-state index contributed by atoms with van der Waals surface area (Å²) in [7, 11) is 0. The Bertz CT molecular complexity index is 747. The summed E-state index contributed by atoms with van der Waals surface area (Å²) in [5.74, 6) is 0.642. The van der Waals surface area contributed by atoms with Gasteiger partial charge in [0.15, 0.2) is 0 Å². The molecule has 0 aliphatic carbocycles. The van der Waals surface area contributed by atoms with Crippen LogP contribution in [0.15, 0.2) is 23.4 Å². The molecule has 1 aliphatic rings. The van der Waals surface area contributed by atoms with Crippen molar-refractivity contribution in [3.8, 4) is 0 Å². The molecule has 23 heavy (non-hydrogen) atoms. The number of anilines is 1. The fraction of sp³-hybridized carbons (Fsp3) is 0.400. The van der Waals surface area contributed by atoms with Crippen LogP contribution in [0.25, 0.3) is 0 Å². The molecule has 1 aliphatic heterocycles. The van der Waals surface area contributed by atoms with Crippen LogP contribution in [-0.4, -0.2) is 33.0 Å². The number of carbonyl (C=O) groups is 1. The Morgan fingerprint density at radius 1 is 1.43 bits per heavy atom. The number of hydrogen-bond acceptors (Lipinski definition) is 4. The SMILES string of the molecule is Cc1nn(C(F)F)c(C)c1CC(=O)N1CCSc2ncccc21. The summed E-state index contributed by atoms with van der Waals surface area (Å²) in [6, 6.07) is 3.64. The van der Waals surface area contributed by atoms with Gasteiger partial charge in [0.05, 0.1) is 17.8 Å². The Kier molecular flexibility index (Phi) is 4.34. The third-order valence-corrected chi connectivity index (χ3v) is 4.86. The summed E-state index contributed by atoms with van der Waals surface area (Å²) < 4.78 is 26.5. The van der Waals surface area contributed by atoms with Crippen LogP contribution >= 0.6 is 11.8 Å². The molecule has 1 amide bonds. The van der Waals surface area contributed by atoms with E-state index in [0.717, 1.165) is 16.5 Å². The van der Waals surface area contributed by atoms with Gasteiger partial charge in [-0.1, -0.05) is 0 Å². The lowest BCUT2D eigenvalue weighted by molar-refractivity contribution is -0.118. The van der Waals surface area contributed by atoms with Crippen LogP contribution in [0.5, 0.6) is 0 Å². The van der Waals surface area contributed by atoms with Crippen molar-refractivity contribution in [3.05, 3.63) is 35.3 Å². The second kappa shape index (κ2) is 6.27. The maximum absolute atomic E-state index is 12.9. The highest BCUT2D eigenvalue weighted by atomic mass is 32.2. The van der Waals surface area contributed by atoms with Crippen molar-refractivity contribution in [1.82, 2.24) is 14.8 Å². The molecule has 3 heterocycles. The third-order valence-electron chi connectivity index (χ3n) is 3.88. The quantitative estimate of drug-likeness (QED) is 0.863. The molecule has 0 atom stereocenters. The van der Waals surface area contributed by atoms with E-state index >= 15 is 0 Å². The van der Waals surface area contributed by atoms with Crippen LogP contribution in [0.3, 0.4) is 0 Å². The average Bonchev–Trinajstić information content (AvgIpc) is 2.82. The average molecular weight is 338 g/mol. The van der Waals surface area contributed by atoms with Gasteiger partial charge in [0.25, 0.3) is 0 Å². The highest BCUT2D eigenvalue weighted by Gasteiger charge is 2.26. The van der Waals surface area contributed by atoms with E-state index in [-0.39, 0.29) is 12.3 Å². The van der Waals surface area contributed by atoms with E-state index in [1.54, 1.807) is 42.8 Å². The zero-order chi connectivity index (χ0) is 16.6. The van der Waals surface area contributed by atoms with Crippen molar-refractivity contribution in [1.29, 1.82) is 0 Å². The zero-order valence-electron chi connectivity index (χ0n) is 12.8. The number of halogens is 2. The Morgan fingerprint density at radius 3 is 2.91 bits per heavy atom. The summed E-state index contributed by atoms with van der Waals surface area (Å²) in [4.78, 5) is 18.6. The lowest BCUT2D eigenvalue weighted by Gasteiger charge is -2.28. The summed E-state index contributed by atoms with van der Waals surface area (Å²) in [6.07, 6.45) is 1.75. The predicted octanol–water partition coefficient (Wildman–Crippen LogP) is 2.97. The molecule has 3 rings (SSSR count). The van der Waals surface area contributed by atoms with Crippen LogP contribution in [0.1, 0.15) is 23.5 Å². The van der Waals surface area contributed by atoms with E-state index in [0.29, 0.717) is 28.2 Å². The highest BCUT2D eigenvalue weighted by Crippen LogP contribution is 2.33. The molecule has 2 aromatic heterocycles. The second-order valence-electron chi connectivity index (χ2n) is 5.27. The number of amides is 1. The molecule has 122 valence electrons. The molecule has 0 unspecified atom stereocenters. The van der Waals surface area contributed by atoms with Crippen LogP contribution in [0, 0.1) is 13.8 Å². The number of thioether (sulfide) groups is 1. The Hall–Kier alpha value is -1.96. The molecule has 0 aromatic carbocycles. The van der Waals surface area contributed by atoms with Gasteiger partial charge in [0, 0.05) is 29.8 Å². The fourth-order valence-corrected chi connectivity index (χ4v) is 3.63. The van der Waals surface area contributed by atoms with Crippen LogP contribution in [0.4, 0.5) is 14.5 Å². The van der Waals surface area contributed by atoms with Gasteiger partial charge in [-0.3, -0.25) is 4.79 Å². The molecule has 8 heteroatoms. The summed E-state index contributed by atoms with van der Waals surface area (Å²) >= 11 is 1.61. The van der Waals surface area contributed by atoms with E-state index in [4.69, 9.17) is 0 Å². The van der Waals surface area contributed by atoms with Crippen molar-refractivity contribution >= 4 is 23.4 Å². The molecule has 0 fully saturated rings. The third kappa shape index (κ3) is 2.95. The number of fused-ring (bicyclic) bond motifs is 1. The van der Waals surface area contributed by atoms with Crippen LogP contribution in [0.2, 0.25) is 0 Å². The second-order valence-corrected chi connectivity index (χ2v) is 6.35. The first-order valence-electron chi connectivity index (χ1n) is 7.20. The standard InChI is InChI=1S/C15H16F2N4OS/c1-9-11(10(2)21(19-9)15(16)17)8-13(22)20-6-7-23-14-12(20)4-3-5-18-14/h3-5,15H,6-8H2,1-2H3. The predicted molar refractivity (Wildman–Crippen MR) is 84.0 cm³/mol.